The summed E-state index contributed by atoms with van der Waals surface area (Å²) in [6, 6.07) is 74.2. The molecule has 59 heavy (non-hydrogen) atoms. The molecule has 0 fully saturated rings. The third-order valence-electron chi connectivity index (χ3n) is 13.2. The molecule has 0 atom stereocenters. The molecule has 3 aliphatic rings. The van der Waals surface area contributed by atoms with Gasteiger partial charge in [0.05, 0.1) is 27.8 Å². The van der Waals surface area contributed by atoms with Crippen LogP contribution in [-0.4, -0.2) is 16.0 Å². The number of anilines is 5. The fourth-order valence-electron chi connectivity index (χ4n) is 11.0. The monoisotopic (exact) mass is 748 g/mol. The number of hydrogen-bond acceptors (Lipinski definition) is 2. The summed E-state index contributed by atoms with van der Waals surface area (Å²) in [5.74, 6) is 0. The SMILES string of the molecule is c1ccc(-n2c3ccccc3c3cccc(N4c5cccc6c5B5c7c(cccc74)-c4cc(-n7c8ccccc8c8ccccc87)ccc4N5c4ccccc4-6)c32)cc1. The molecule has 0 bridgehead atoms. The Morgan fingerprint density at radius 2 is 0.797 bits per heavy atom. The highest BCUT2D eigenvalue weighted by Gasteiger charge is 2.49. The van der Waals surface area contributed by atoms with Crippen LogP contribution >= 0.6 is 0 Å². The summed E-state index contributed by atoms with van der Waals surface area (Å²) < 4.78 is 4.91. The van der Waals surface area contributed by atoms with Crippen LogP contribution in [0.1, 0.15) is 0 Å². The van der Waals surface area contributed by atoms with E-state index in [1.165, 1.54) is 99.5 Å². The highest BCUT2D eigenvalue weighted by Crippen LogP contribution is 2.53. The lowest BCUT2D eigenvalue weighted by atomic mass is 9.41. The zero-order valence-corrected chi connectivity index (χ0v) is 31.9. The number of benzene rings is 9. The fourth-order valence-corrected chi connectivity index (χ4v) is 11.0. The Kier molecular flexibility index (Phi) is 6.07. The van der Waals surface area contributed by atoms with Gasteiger partial charge in [0.15, 0.2) is 0 Å². The third kappa shape index (κ3) is 3.99. The van der Waals surface area contributed by atoms with Gasteiger partial charge in [0, 0.05) is 66.8 Å². The largest absolute Gasteiger partial charge is 0.376 e. The molecule has 0 amide bonds. The summed E-state index contributed by atoms with van der Waals surface area (Å²) >= 11 is 0. The third-order valence-corrected chi connectivity index (χ3v) is 13.2. The lowest BCUT2D eigenvalue weighted by Crippen LogP contribution is -2.63. The van der Waals surface area contributed by atoms with Gasteiger partial charge in [-0.3, -0.25) is 0 Å². The molecule has 4 nitrogen and oxygen atoms in total. The van der Waals surface area contributed by atoms with E-state index < -0.39 is 0 Å². The first-order chi connectivity index (χ1) is 29.3. The van der Waals surface area contributed by atoms with Crippen molar-refractivity contribution in [2.75, 3.05) is 9.71 Å². The van der Waals surface area contributed by atoms with E-state index in [2.05, 4.69) is 219 Å². The van der Waals surface area contributed by atoms with Gasteiger partial charge in [-0.1, -0.05) is 127 Å². The van der Waals surface area contributed by atoms with Crippen molar-refractivity contribution in [3.8, 4) is 33.6 Å². The normalized spacial score (nSPS) is 13.3. The molecular weight excluding hydrogens is 715 g/mol. The van der Waals surface area contributed by atoms with Crippen molar-refractivity contribution in [2.45, 2.75) is 0 Å². The molecule has 5 heteroatoms. The molecule has 3 aliphatic heterocycles. The number of fused-ring (bicyclic) bond motifs is 12. The highest BCUT2D eigenvalue weighted by molar-refractivity contribution is 6.95. The van der Waals surface area contributed by atoms with Crippen molar-refractivity contribution in [3.05, 3.63) is 200 Å². The van der Waals surface area contributed by atoms with Gasteiger partial charge in [-0.2, -0.15) is 0 Å². The van der Waals surface area contributed by atoms with E-state index in [4.69, 9.17) is 0 Å². The van der Waals surface area contributed by atoms with Crippen molar-refractivity contribution in [2.24, 2.45) is 0 Å². The van der Waals surface area contributed by atoms with E-state index in [0.29, 0.717) is 0 Å². The van der Waals surface area contributed by atoms with Crippen molar-refractivity contribution >= 4 is 89.8 Å². The molecular formula is C54H33BN4. The predicted octanol–water partition coefficient (Wildman–Crippen LogP) is 12.6. The minimum absolute atomic E-state index is 0.00400. The van der Waals surface area contributed by atoms with Gasteiger partial charge >= 0.3 is 6.85 Å². The Hall–Kier alpha value is -7.76. The molecule has 0 spiro atoms. The van der Waals surface area contributed by atoms with E-state index >= 15 is 0 Å². The maximum Gasteiger partial charge on any atom is 0.333 e. The zero-order valence-electron chi connectivity index (χ0n) is 31.9. The molecule has 0 aliphatic carbocycles. The highest BCUT2D eigenvalue weighted by atomic mass is 15.2. The summed E-state index contributed by atoms with van der Waals surface area (Å²) in [4.78, 5) is 5.21. The van der Waals surface area contributed by atoms with Gasteiger partial charge in [-0.05, 0) is 94.8 Å². The van der Waals surface area contributed by atoms with Crippen LogP contribution in [0.25, 0.3) is 77.2 Å². The Balaban J connectivity index is 1.10. The Morgan fingerprint density at radius 1 is 0.305 bits per heavy atom. The standard InChI is InChI=1S/C54H33BN4/c1-2-15-34(16-3-1)57-46-26-10-6-20-39(46)42-23-14-30-51(54(42)57)58-49-28-12-21-40-38-19-7-11-27-47(38)59-48-32-31-35(33-43(48)41-22-13-29-50(58)53(41)55(59)52(40)49)56-44-24-8-4-17-36(44)37-18-5-9-25-45(37)56/h1-33H. The number of nitrogens with zero attached hydrogens (tertiary/aromatic N) is 4. The summed E-state index contributed by atoms with van der Waals surface area (Å²) in [6.07, 6.45) is 0. The number of para-hydroxylation sites is 6. The quantitative estimate of drug-likeness (QED) is 0.167. The van der Waals surface area contributed by atoms with E-state index in [1.807, 2.05) is 0 Å². The zero-order chi connectivity index (χ0) is 38.3. The Morgan fingerprint density at radius 3 is 1.51 bits per heavy atom. The number of rotatable bonds is 3. The molecule has 0 saturated heterocycles. The van der Waals surface area contributed by atoms with Crippen LogP contribution in [0, 0.1) is 0 Å². The Bertz CT molecular complexity index is 3540. The van der Waals surface area contributed by atoms with Crippen LogP contribution in [0.3, 0.4) is 0 Å². The smallest absolute Gasteiger partial charge is 0.333 e. The van der Waals surface area contributed by atoms with Crippen LogP contribution < -0.4 is 20.6 Å². The van der Waals surface area contributed by atoms with E-state index in [1.54, 1.807) is 0 Å². The van der Waals surface area contributed by atoms with E-state index in [0.717, 1.165) is 17.1 Å². The first-order valence-electron chi connectivity index (χ1n) is 20.5. The molecule has 2 aromatic heterocycles. The second-order valence-corrected chi connectivity index (χ2v) is 16.0. The minimum atomic E-state index is 0.00400. The number of aromatic nitrogens is 2. The Labute approximate surface area is 341 Å². The second-order valence-electron chi connectivity index (χ2n) is 16.0. The summed E-state index contributed by atoms with van der Waals surface area (Å²) in [6.45, 7) is 0.00400. The van der Waals surface area contributed by atoms with Crippen LogP contribution in [0.15, 0.2) is 200 Å². The lowest BCUT2D eigenvalue weighted by molar-refractivity contribution is 1.16. The molecule has 0 unspecified atom stereocenters. The van der Waals surface area contributed by atoms with Crippen LogP contribution in [0.5, 0.6) is 0 Å². The van der Waals surface area contributed by atoms with E-state index in [9.17, 15) is 0 Å². The predicted molar refractivity (Wildman–Crippen MR) is 248 cm³/mol. The van der Waals surface area contributed by atoms with Gasteiger partial charge in [-0.15, -0.1) is 0 Å². The van der Waals surface area contributed by atoms with Gasteiger partial charge in [-0.25, -0.2) is 0 Å². The van der Waals surface area contributed by atoms with Crippen molar-refractivity contribution in [3.63, 3.8) is 0 Å². The molecule has 0 saturated carbocycles. The molecule has 9 aromatic carbocycles. The van der Waals surface area contributed by atoms with Crippen LogP contribution in [-0.2, 0) is 0 Å². The maximum atomic E-state index is 2.64. The molecule has 0 N–H and O–H groups in total. The molecule has 14 rings (SSSR count). The summed E-state index contributed by atoms with van der Waals surface area (Å²) in [5.41, 5.74) is 21.0. The lowest BCUT2D eigenvalue weighted by Gasteiger charge is -2.49. The van der Waals surface area contributed by atoms with Crippen molar-refractivity contribution in [1.29, 1.82) is 0 Å². The van der Waals surface area contributed by atoms with Gasteiger partial charge in [0.2, 0.25) is 0 Å². The summed E-state index contributed by atoms with van der Waals surface area (Å²) in [5, 5.41) is 5.03. The van der Waals surface area contributed by atoms with Gasteiger partial charge < -0.3 is 18.8 Å². The maximum absolute atomic E-state index is 2.64. The first-order valence-corrected chi connectivity index (χ1v) is 20.5. The fraction of sp³-hybridized carbons (Fsp3) is 0. The van der Waals surface area contributed by atoms with Crippen molar-refractivity contribution in [1.82, 2.24) is 9.13 Å². The molecule has 5 heterocycles. The molecule has 11 aromatic rings. The van der Waals surface area contributed by atoms with Crippen molar-refractivity contribution < 1.29 is 0 Å². The number of hydrogen-bond donors (Lipinski definition) is 0. The minimum Gasteiger partial charge on any atom is -0.376 e. The molecule has 272 valence electrons. The topological polar surface area (TPSA) is 16.3 Å². The summed E-state index contributed by atoms with van der Waals surface area (Å²) in [7, 11) is 0. The first kappa shape index (κ1) is 31.3. The van der Waals surface area contributed by atoms with Gasteiger partial charge in [0.25, 0.3) is 0 Å². The van der Waals surface area contributed by atoms with Gasteiger partial charge in [0.1, 0.15) is 0 Å². The average Bonchev–Trinajstić information content (AvgIpc) is 3.83. The average molecular weight is 749 g/mol. The second kappa shape index (κ2) is 11.4. The molecule has 0 radical (unpaired) electrons. The van der Waals surface area contributed by atoms with Crippen LogP contribution in [0.2, 0.25) is 0 Å². The van der Waals surface area contributed by atoms with Crippen LogP contribution in [0.4, 0.5) is 28.4 Å². The van der Waals surface area contributed by atoms with E-state index in [-0.39, 0.29) is 6.85 Å².